The van der Waals surface area contributed by atoms with Gasteiger partial charge < -0.3 is 15.5 Å². The maximum Gasteiger partial charge on any atom is 0.227 e. The van der Waals surface area contributed by atoms with Gasteiger partial charge in [0.1, 0.15) is 0 Å². The second-order valence-electron chi connectivity index (χ2n) is 7.57. The van der Waals surface area contributed by atoms with E-state index in [9.17, 15) is 9.59 Å². The van der Waals surface area contributed by atoms with E-state index in [1.165, 1.54) is 11.3 Å². The molecule has 2 aromatic carbocycles. The van der Waals surface area contributed by atoms with Gasteiger partial charge in [0.25, 0.3) is 0 Å². The average molecular weight is 378 g/mol. The minimum absolute atomic E-state index is 0.0360. The van der Waals surface area contributed by atoms with E-state index in [-0.39, 0.29) is 18.2 Å². The zero-order valence-electron chi connectivity index (χ0n) is 16.0. The standard InChI is InChI=1S/C22H26N4O2/c23-22(28)18-14-21(27)26(16-18)20-8-6-19(7-9-20)25-12-10-24(11-13-25)15-17-4-2-1-3-5-17/h1-9,18H,10-16H2,(H2,23,28). The lowest BCUT2D eigenvalue weighted by molar-refractivity contribution is -0.123. The molecule has 0 spiro atoms. The maximum atomic E-state index is 12.2. The molecular formula is C22H26N4O2. The fourth-order valence-electron chi connectivity index (χ4n) is 4.00. The third kappa shape index (κ3) is 4.02. The predicted octanol–water partition coefficient (Wildman–Crippen LogP) is 1.85. The number of hydrogen-bond donors (Lipinski definition) is 1. The summed E-state index contributed by atoms with van der Waals surface area (Å²) in [5.74, 6) is -0.822. The van der Waals surface area contributed by atoms with Gasteiger partial charge in [-0.1, -0.05) is 30.3 Å². The number of amides is 2. The summed E-state index contributed by atoms with van der Waals surface area (Å²) in [5, 5.41) is 0. The molecule has 1 atom stereocenters. The molecule has 0 aliphatic carbocycles. The summed E-state index contributed by atoms with van der Waals surface area (Å²) in [5.41, 5.74) is 8.71. The van der Waals surface area contributed by atoms with Gasteiger partial charge in [-0.15, -0.1) is 0 Å². The van der Waals surface area contributed by atoms with Crippen molar-refractivity contribution in [3.05, 3.63) is 60.2 Å². The number of nitrogens with two attached hydrogens (primary N) is 1. The molecule has 0 radical (unpaired) electrons. The van der Waals surface area contributed by atoms with E-state index in [2.05, 4.69) is 52.3 Å². The van der Waals surface area contributed by atoms with Crippen molar-refractivity contribution in [2.75, 3.05) is 42.5 Å². The van der Waals surface area contributed by atoms with Gasteiger partial charge in [-0.2, -0.15) is 0 Å². The molecular weight excluding hydrogens is 352 g/mol. The maximum absolute atomic E-state index is 12.2. The Bertz CT molecular complexity index is 829. The van der Waals surface area contributed by atoms with Crippen LogP contribution < -0.4 is 15.5 Å². The third-order valence-corrected chi connectivity index (χ3v) is 5.68. The average Bonchev–Trinajstić information content (AvgIpc) is 3.12. The van der Waals surface area contributed by atoms with Crippen molar-refractivity contribution in [2.45, 2.75) is 13.0 Å². The van der Waals surface area contributed by atoms with Gasteiger partial charge in [-0.05, 0) is 29.8 Å². The van der Waals surface area contributed by atoms with Crippen molar-refractivity contribution in [2.24, 2.45) is 11.7 Å². The summed E-state index contributed by atoms with van der Waals surface area (Å²) in [4.78, 5) is 30.0. The number of benzene rings is 2. The number of nitrogens with zero attached hydrogens (tertiary/aromatic N) is 3. The molecule has 2 aliphatic heterocycles. The van der Waals surface area contributed by atoms with Crippen LogP contribution in [0.4, 0.5) is 11.4 Å². The van der Waals surface area contributed by atoms with Crippen LogP contribution in [0.25, 0.3) is 0 Å². The third-order valence-electron chi connectivity index (χ3n) is 5.68. The van der Waals surface area contributed by atoms with E-state index in [1.54, 1.807) is 4.90 Å². The summed E-state index contributed by atoms with van der Waals surface area (Å²) < 4.78 is 0. The van der Waals surface area contributed by atoms with E-state index < -0.39 is 5.91 Å². The van der Waals surface area contributed by atoms with Gasteiger partial charge in [-0.25, -0.2) is 0 Å². The van der Waals surface area contributed by atoms with Crippen LogP contribution in [-0.2, 0) is 16.1 Å². The van der Waals surface area contributed by atoms with Crippen LogP contribution in [0.15, 0.2) is 54.6 Å². The highest BCUT2D eigenvalue weighted by atomic mass is 16.2. The number of carbonyl (C=O) groups is 2. The van der Waals surface area contributed by atoms with Crippen LogP contribution in [-0.4, -0.2) is 49.4 Å². The van der Waals surface area contributed by atoms with E-state index >= 15 is 0 Å². The summed E-state index contributed by atoms with van der Waals surface area (Å²) >= 11 is 0. The van der Waals surface area contributed by atoms with Crippen LogP contribution in [0.5, 0.6) is 0 Å². The van der Waals surface area contributed by atoms with E-state index in [1.807, 2.05) is 12.1 Å². The molecule has 1 unspecified atom stereocenters. The van der Waals surface area contributed by atoms with E-state index in [4.69, 9.17) is 5.73 Å². The zero-order valence-corrected chi connectivity index (χ0v) is 16.0. The van der Waals surface area contributed by atoms with Gasteiger partial charge in [0, 0.05) is 57.1 Å². The summed E-state index contributed by atoms with van der Waals surface area (Å²) in [6, 6.07) is 18.6. The molecule has 2 heterocycles. The monoisotopic (exact) mass is 378 g/mol. The van der Waals surface area contributed by atoms with Crippen molar-refractivity contribution in [1.29, 1.82) is 0 Å². The Hall–Kier alpha value is -2.86. The number of hydrogen-bond acceptors (Lipinski definition) is 4. The molecule has 0 aromatic heterocycles. The van der Waals surface area contributed by atoms with Crippen molar-refractivity contribution in [3.63, 3.8) is 0 Å². The van der Waals surface area contributed by atoms with Crippen LogP contribution >= 0.6 is 0 Å². The van der Waals surface area contributed by atoms with Crippen molar-refractivity contribution < 1.29 is 9.59 Å². The number of anilines is 2. The largest absolute Gasteiger partial charge is 0.369 e. The minimum atomic E-state index is -0.402. The molecule has 2 amide bonds. The highest BCUT2D eigenvalue weighted by Crippen LogP contribution is 2.27. The van der Waals surface area contributed by atoms with Crippen LogP contribution in [0, 0.1) is 5.92 Å². The Morgan fingerprint density at radius 3 is 2.18 bits per heavy atom. The normalized spacial score (nSPS) is 20.6. The molecule has 6 heteroatoms. The molecule has 0 saturated carbocycles. The number of primary amides is 1. The van der Waals surface area contributed by atoms with Gasteiger partial charge in [-0.3, -0.25) is 14.5 Å². The molecule has 2 N–H and O–H groups in total. The lowest BCUT2D eigenvalue weighted by atomic mass is 10.1. The molecule has 0 bridgehead atoms. The second kappa shape index (κ2) is 8.02. The Morgan fingerprint density at radius 2 is 1.57 bits per heavy atom. The molecule has 2 saturated heterocycles. The summed E-state index contributed by atoms with van der Waals surface area (Å²) in [6.07, 6.45) is 0.209. The van der Waals surface area contributed by atoms with Crippen molar-refractivity contribution in [1.82, 2.24) is 4.90 Å². The first-order valence-corrected chi connectivity index (χ1v) is 9.81. The fourth-order valence-corrected chi connectivity index (χ4v) is 4.00. The SMILES string of the molecule is NC(=O)C1CC(=O)N(c2ccc(N3CCN(Cc4ccccc4)CC3)cc2)C1. The molecule has 28 heavy (non-hydrogen) atoms. The number of rotatable bonds is 5. The van der Waals surface area contributed by atoms with Gasteiger partial charge in [0.2, 0.25) is 11.8 Å². The Morgan fingerprint density at radius 1 is 0.929 bits per heavy atom. The molecule has 146 valence electrons. The smallest absolute Gasteiger partial charge is 0.227 e. The number of carbonyl (C=O) groups excluding carboxylic acids is 2. The molecule has 2 aromatic rings. The highest BCUT2D eigenvalue weighted by Gasteiger charge is 2.33. The van der Waals surface area contributed by atoms with E-state index in [0.717, 1.165) is 38.4 Å². The first kappa shape index (κ1) is 18.5. The number of piperazine rings is 1. The minimum Gasteiger partial charge on any atom is -0.369 e. The molecule has 4 rings (SSSR count). The lowest BCUT2D eigenvalue weighted by Crippen LogP contribution is -2.45. The quantitative estimate of drug-likeness (QED) is 0.862. The Kier molecular flexibility index (Phi) is 5.30. The van der Waals surface area contributed by atoms with Crippen LogP contribution in [0.2, 0.25) is 0 Å². The van der Waals surface area contributed by atoms with Crippen LogP contribution in [0.3, 0.4) is 0 Å². The van der Waals surface area contributed by atoms with Crippen LogP contribution in [0.1, 0.15) is 12.0 Å². The highest BCUT2D eigenvalue weighted by molar-refractivity contribution is 6.00. The van der Waals surface area contributed by atoms with E-state index in [0.29, 0.717) is 6.54 Å². The first-order chi connectivity index (χ1) is 13.6. The van der Waals surface area contributed by atoms with Gasteiger partial charge in [0.05, 0.1) is 5.92 Å². The predicted molar refractivity (Wildman–Crippen MR) is 110 cm³/mol. The lowest BCUT2D eigenvalue weighted by Gasteiger charge is -2.36. The molecule has 2 aliphatic rings. The summed E-state index contributed by atoms with van der Waals surface area (Å²) in [6.45, 7) is 5.40. The topological polar surface area (TPSA) is 69.9 Å². The summed E-state index contributed by atoms with van der Waals surface area (Å²) in [7, 11) is 0. The Labute approximate surface area is 165 Å². The molecule has 2 fully saturated rings. The Balaban J connectivity index is 1.34. The van der Waals surface area contributed by atoms with Crippen molar-refractivity contribution in [3.8, 4) is 0 Å². The molecule has 6 nitrogen and oxygen atoms in total. The zero-order chi connectivity index (χ0) is 19.5. The van der Waals surface area contributed by atoms with Crippen molar-refractivity contribution >= 4 is 23.2 Å². The first-order valence-electron chi connectivity index (χ1n) is 9.81. The van der Waals surface area contributed by atoms with Gasteiger partial charge in [0.15, 0.2) is 0 Å². The second-order valence-corrected chi connectivity index (χ2v) is 7.57. The van der Waals surface area contributed by atoms with Gasteiger partial charge >= 0.3 is 0 Å². The fraction of sp³-hybridized carbons (Fsp3) is 0.364.